The first-order valence-corrected chi connectivity index (χ1v) is 6.57. The van der Waals surface area contributed by atoms with E-state index < -0.39 is 0 Å². The average Bonchev–Trinajstić information content (AvgIpc) is 2.28. The van der Waals surface area contributed by atoms with E-state index in [0.717, 1.165) is 12.0 Å². The number of hydrogen-bond donors (Lipinski definition) is 1. The van der Waals surface area contributed by atoms with Gasteiger partial charge in [0.05, 0.1) is 0 Å². The van der Waals surface area contributed by atoms with Crippen molar-refractivity contribution in [3.63, 3.8) is 0 Å². The second kappa shape index (κ2) is 6.97. The van der Waals surface area contributed by atoms with Gasteiger partial charge in [-0.3, -0.25) is 0 Å². The minimum absolute atomic E-state index is 0.277. The fraction of sp³-hybridized carbons (Fsp3) is 0.571. The number of nitrogens with one attached hydrogen (secondary N) is 1. The monoisotopic (exact) mass is 257 g/mol. The Bertz CT molecular complexity index is 354. The highest BCUT2D eigenvalue weighted by Gasteiger charge is 2.16. The Morgan fingerprint density at radius 1 is 1.41 bits per heavy atom. The van der Waals surface area contributed by atoms with Gasteiger partial charge in [-0.05, 0) is 43.5 Å². The van der Waals surface area contributed by atoms with E-state index in [2.05, 4.69) is 19.2 Å². The van der Waals surface area contributed by atoms with Crippen LogP contribution in [0.3, 0.4) is 0 Å². The normalized spacial score (nSPS) is 14.6. The van der Waals surface area contributed by atoms with Crippen molar-refractivity contribution in [3.05, 3.63) is 34.6 Å². The summed E-state index contributed by atoms with van der Waals surface area (Å²) in [4.78, 5) is 0. The molecule has 0 aliphatic heterocycles. The van der Waals surface area contributed by atoms with Crippen molar-refractivity contribution in [2.45, 2.75) is 39.2 Å². The van der Waals surface area contributed by atoms with Gasteiger partial charge in [-0.2, -0.15) is 0 Å². The predicted octanol–water partition coefficient (Wildman–Crippen LogP) is 4.05. The first kappa shape index (κ1) is 14.5. The standard InChI is InChI=1S/C14H21ClFN/c1-4-5-10(2)14(17-3)8-11-6-7-12(16)9-13(11)15/h6-7,9-10,14,17H,4-5,8H2,1-3H3. The van der Waals surface area contributed by atoms with Gasteiger partial charge in [-0.25, -0.2) is 4.39 Å². The molecule has 2 atom stereocenters. The number of likely N-dealkylation sites (N-methyl/N-ethyl adjacent to an activating group) is 1. The van der Waals surface area contributed by atoms with Gasteiger partial charge in [0.1, 0.15) is 5.82 Å². The van der Waals surface area contributed by atoms with E-state index in [0.29, 0.717) is 17.0 Å². The Morgan fingerprint density at radius 2 is 2.12 bits per heavy atom. The van der Waals surface area contributed by atoms with Gasteiger partial charge in [0.15, 0.2) is 0 Å². The summed E-state index contributed by atoms with van der Waals surface area (Å²) < 4.78 is 12.9. The van der Waals surface area contributed by atoms with E-state index in [9.17, 15) is 4.39 Å². The third-order valence-electron chi connectivity index (χ3n) is 3.26. The van der Waals surface area contributed by atoms with Crippen LogP contribution in [0.25, 0.3) is 0 Å². The molecule has 0 saturated heterocycles. The molecule has 0 bridgehead atoms. The second-order valence-corrected chi connectivity index (χ2v) is 5.01. The summed E-state index contributed by atoms with van der Waals surface area (Å²) in [7, 11) is 1.97. The molecule has 17 heavy (non-hydrogen) atoms. The van der Waals surface area contributed by atoms with Gasteiger partial charge in [-0.1, -0.05) is 37.9 Å². The zero-order chi connectivity index (χ0) is 12.8. The van der Waals surface area contributed by atoms with Crippen LogP contribution in [-0.2, 0) is 6.42 Å². The van der Waals surface area contributed by atoms with Crippen molar-refractivity contribution in [2.24, 2.45) is 5.92 Å². The Kier molecular flexibility index (Phi) is 5.93. The number of hydrogen-bond acceptors (Lipinski definition) is 1. The quantitative estimate of drug-likeness (QED) is 0.811. The number of rotatable bonds is 6. The lowest BCUT2D eigenvalue weighted by Crippen LogP contribution is -2.34. The lowest BCUT2D eigenvalue weighted by Gasteiger charge is -2.23. The van der Waals surface area contributed by atoms with Crippen molar-refractivity contribution in [2.75, 3.05) is 7.05 Å². The number of halogens is 2. The van der Waals surface area contributed by atoms with Gasteiger partial charge in [0.25, 0.3) is 0 Å². The molecule has 1 N–H and O–H groups in total. The minimum Gasteiger partial charge on any atom is -0.316 e. The minimum atomic E-state index is -0.277. The molecule has 0 aliphatic carbocycles. The van der Waals surface area contributed by atoms with Crippen LogP contribution in [0.15, 0.2) is 18.2 Å². The second-order valence-electron chi connectivity index (χ2n) is 4.60. The summed E-state index contributed by atoms with van der Waals surface area (Å²) in [6.45, 7) is 4.43. The third-order valence-corrected chi connectivity index (χ3v) is 3.61. The molecule has 0 heterocycles. The summed E-state index contributed by atoms with van der Waals surface area (Å²) in [6, 6.07) is 5.02. The smallest absolute Gasteiger partial charge is 0.124 e. The molecular weight excluding hydrogens is 237 g/mol. The van der Waals surface area contributed by atoms with Crippen LogP contribution in [0.5, 0.6) is 0 Å². The molecule has 1 nitrogen and oxygen atoms in total. The van der Waals surface area contributed by atoms with Crippen molar-refractivity contribution in [1.82, 2.24) is 5.32 Å². The first-order valence-electron chi connectivity index (χ1n) is 6.19. The van der Waals surface area contributed by atoms with Gasteiger partial charge < -0.3 is 5.32 Å². The molecule has 2 unspecified atom stereocenters. The van der Waals surface area contributed by atoms with E-state index in [1.54, 1.807) is 6.07 Å². The van der Waals surface area contributed by atoms with Gasteiger partial charge in [-0.15, -0.1) is 0 Å². The summed E-state index contributed by atoms with van der Waals surface area (Å²) in [6.07, 6.45) is 3.21. The van der Waals surface area contributed by atoms with E-state index in [-0.39, 0.29) is 5.82 Å². The largest absolute Gasteiger partial charge is 0.316 e. The topological polar surface area (TPSA) is 12.0 Å². The Hall–Kier alpha value is -0.600. The van der Waals surface area contributed by atoms with Crippen molar-refractivity contribution >= 4 is 11.6 Å². The predicted molar refractivity (Wildman–Crippen MR) is 72.0 cm³/mol. The maximum Gasteiger partial charge on any atom is 0.124 e. The molecule has 0 amide bonds. The molecular formula is C14H21ClFN. The van der Waals surface area contributed by atoms with Crippen LogP contribution in [-0.4, -0.2) is 13.1 Å². The Balaban J connectivity index is 2.73. The van der Waals surface area contributed by atoms with E-state index >= 15 is 0 Å². The maximum absolute atomic E-state index is 12.9. The van der Waals surface area contributed by atoms with Gasteiger partial charge in [0.2, 0.25) is 0 Å². The van der Waals surface area contributed by atoms with Crippen LogP contribution < -0.4 is 5.32 Å². The highest BCUT2D eigenvalue weighted by molar-refractivity contribution is 6.31. The summed E-state index contributed by atoms with van der Waals surface area (Å²) >= 11 is 6.04. The van der Waals surface area contributed by atoms with Gasteiger partial charge >= 0.3 is 0 Å². The molecule has 0 aliphatic rings. The summed E-state index contributed by atoms with van der Waals surface area (Å²) in [5.41, 5.74) is 1.01. The molecule has 0 radical (unpaired) electrons. The Labute approximate surface area is 108 Å². The molecule has 0 saturated carbocycles. The molecule has 1 aromatic rings. The fourth-order valence-corrected chi connectivity index (χ4v) is 2.41. The Morgan fingerprint density at radius 3 is 2.65 bits per heavy atom. The van der Waals surface area contributed by atoms with Crippen molar-refractivity contribution < 1.29 is 4.39 Å². The molecule has 0 aromatic heterocycles. The van der Waals surface area contributed by atoms with Crippen LogP contribution >= 0.6 is 11.6 Å². The maximum atomic E-state index is 12.9. The number of benzene rings is 1. The lowest BCUT2D eigenvalue weighted by atomic mass is 9.91. The highest BCUT2D eigenvalue weighted by atomic mass is 35.5. The highest BCUT2D eigenvalue weighted by Crippen LogP contribution is 2.22. The third kappa shape index (κ3) is 4.29. The van der Waals surface area contributed by atoms with Crippen LogP contribution in [0.4, 0.5) is 4.39 Å². The van der Waals surface area contributed by atoms with Crippen LogP contribution in [0, 0.1) is 11.7 Å². The fourth-order valence-electron chi connectivity index (χ4n) is 2.17. The van der Waals surface area contributed by atoms with Gasteiger partial charge in [0, 0.05) is 11.1 Å². The lowest BCUT2D eigenvalue weighted by molar-refractivity contribution is 0.371. The molecule has 1 rings (SSSR count). The molecule has 0 fully saturated rings. The zero-order valence-electron chi connectivity index (χ0n) is 10.8. The summed E-state index contributed by atoms with van der Waals surface area (Å²) in [5, 5.41) is 3.85. The first-order chi connectivity index (χ1) is 8.08. The average molecular weight is 258 g/mol. The van der Waals surface area contributed by atoms with E-state index in [1.165, 1.54) is 25.0 Å². The molecule has 3 heteroatoms. The van der Waals surface area contributed by atoms with Crippen molar-refractivity contribution in [1.29, 1.82) is 0 Å². The summed E-state index contributed by atoms with van der Waals surface area (Å²) in [5.74, 6) is 0.312. The van der Waals surface area contributed by atoms with Crippen molar-refractivity contribution in [3.8, 4) is 0 Å². The molecule has 1 aromatic carbocycles. The van der Waals surface area contributed by atoms with E-state index in [4.69, 9.17) is 11.6 Å². The van der Waals surface area contributed by atoms with Crippen LogP contribution in [0.1, 0.15) is 32.3 Å². The van der Waals surface area contributed by atoms with Crippen LogP contribution in [0.2, 0.25) is 5.02 Å². The SMILES string of the molecule is CCCC(C)C(Cc1ccc(F)cc1Cl)NC. The molecule has 0 spiro atoms. The zero-order valence-corrected chi connectivity index (χ0v) is 11.5. The molecule has 96 valence electrons. The van der Waals surface area contributed by atoms with E-state index in [1.807, 2.05) is 7.05 Å².